The van der Waals surface area contributed by atoms with Crippen molar-refractivity contribution >= 4 is 44.6 Å². The van der Waals surface area contributed by atoms with E-state index in [2.05, 4.69) is 45.8 Å². The van der Waals surface area contributed by atoms with Crippen LogP contribution >= 0.6 is 11.6 Å². The number of aromatic nitrogens is 2. The standard InChI is InChI=1S/C28H38ClN5O3S/c1-8-11-22(30-7)20-15-25(37-17(2)3)24(14-19(20)6)33-28-31-16-21(29)27(34-28)32-23-12-9-10-13-26(23)38(35,36)18(4)5/h9-10,12-18,22,30H,8,11H2,1-7H3,(H2,31,32,33,34). The van der Waals surface area contributed by atoms with Gasteiger partial charge in [-0.2, -0.15) is 4.98 Å². The van der Waals surface area contributed by atoms with Crippen LogP contribution in [0, 0.1) is 6.92 Å². The van der Waals surface area contributed by atoms with E-state index in [-0.39, 0.29) is 27.9 Å². The summed E-state index contributed by atoms with van der Waals surface area (Å²) < 4.78 is 31.9. The van der Waals surface area contributed by atoms with Crippen LogP contribution in [-0.2, 0) is 9.84 Å². The molecule has 2 aromatic carbocycles. The Morgan fingerprint density at radius 1 is 1.05 bits per heavy atom. The van der Waals surface area contributed by atoms with Crippen molar-refractivity contribution in [3.05, 3.63) is 58.7 Å². The molecule has 1 aromatic heterocycles. The third-order valence-electron chi connectivity index (χ3n) is 6.09. The summed E-state index contributed by atoms with van der Waals surface area (Å²) in [6.07, 6.45) is 3.50. The average molecular weight is 560 g/mol. The van der Waals surface area contributed by atoms with E-state index in [4.69, 9.17) is 16.3 Å². The van der Waals surface area contributed by atoms with Crippen LogP contribution in [0.3, 0.4) is 0 Å². The number of anilines is 4. The lowest BCUT2D eigenvalue weighted by Crippen LogP contribution is -2.18. The number of nitrogens with zero attached hydrogens (tertiary/aromatic N) is 2. The van der Waals surface area contributed by atoms with Crippen molar-refractivity contribution < 1.29 is 13.2 Å². The SMILES string of the molecule is CCCC(NC)c1cc(OC(C)C)c(Nc2ncc(Cl)c(Nc3ccccc3S(=O)(=O)C(C)C)n2)cc1C. The Morgan fingerprint density at radius 2 is 1.76 bits per heavy atom. The Labute approximate surface area is 231 Å². The second-order valence-corrected chi connectivity index (χ2v) is 12.6. The van der Waals surface area contributed by atoms with E-state index in [1.54, 1.807) is 38.1 Å². The van der Waals surface area contributed by atoms with Crippen LogP contribution in [0.15, 0.2) is 47.5 Å². The quantitative estimate of drug-likeness (QED) is 0.219. The maximum absolute atomic E-state index is 12.9. The number of hydrogen-bond donors (Lipinski definition) is 3. The molecule has 0 aliphatic carbocycles. The zero-order valence-corrected chi connectivity index (χ0v) is 24.7. The minimum atomic E-state index is -3.53. The van der Waals surface area contributed by atoms with Crippen molar-refractivity contribution in [2.24, 2.45) is 0 Å². The molecular formula is C28H38ClN5O3S. The van der Waals surface area contributed by atoms with E-state index >= 15 is 0 Å². The van der Waals surface area contributed by atoms with Crippen LogP contribution in [0.5, 0.6) is 5.75 Å². The van der Waals surface area contributed by atoms with E-state index in [0.717, 1.165) is 24.1 Å². The lowest BCUT2D eigenvalue weighted by molar-refractivity contribution is 0.243. The summed E-state index contributed by atoms with van der Waals surface area (Å²) >= 11 is 6.41. The maximum Gasteiger partial charge on any atom is 0.229 e. The fourth-order valence-corrected chi connectivity index (χ4v) is 5.45. The number of hydrogen-bond acceptors (Lipinski definition) is 8. The molecule has 0 spiro atoms. The number of sulfone groups is 1. The van der Waals surface area contributed by atoms with Gasteiger partial charge in [-0.25, -0.2) is 13.4 Å². The lowest BCUT2D eigenvalue weighted by Gasteiger charge is -2.23. The van der Waals surface area contributed by atoms with E-state index in [1.165, 1.54) is 11.8 Å². The molecule has 38 heavy (non-hydrogen) atoms. The average Bonchev–Trinajstić information content (AvgIpc) is 2.86. The van der Waals surface area contributed by atoms with Crippen molar-refractivity contribution in [3.8, 4) is 5.75 Å². The van der Waals surface area contributed by atoms with Gasteiger partial charge in [0, 0.05) is 6.04 Å². The summed E-state index contributed by atoms with van der Waals surface area (Å²) in [5.41, 5.74) is 3.41. The zero-order valence-electron chi connectivity index (χ0n) is 23.1. The molecule has 0 saturated heterocycles. The highest BCUT2D eigenvalue weighted by molar-refractivity contribution is 7.92. The van der Waals surface area contributed by atoms with Crippen molar-refractivity contribution in [2.45, 2.75) is 76.7 Å². The van der Waals surface area contributed by atoms with Crippen molar-refractivity contribution in [1.82, 2.24) is 15.3 Å². The van der Waals surface area contributed by atoms with Gasteiger partial charge in [0.1, 0.15) is 10.8 Å². The maximum atomic E-state index is 12.9. The number of benzene rings is 2. The lowest BCUT2D eigenvalue weighted by atomic mass is 9.96. The molecule has 0 aliphatic rings. The van der Waals surface area contributed by atoms with Crippen LogP contribution in [0.4, 0.5) is 23.1 Å². The first-order valence-corrected chi connectivity index (χ1v) is 14.8. The van der Waals surface area contributed by atoms with Crippen LogP contribution in [0.25, 0.3) is 0 Å². The van der Waals surface area contributed by atoms with Crippen molar-refractivity contribution in [1.29, 1.82) is 0 Å². The van der Waals surface area contributed by atoms with Crippen LogP contribution in [0.1, 0.15) is 64.6 Å². The Morgan fingerprint density at radius 3 is 2.39 bits per heavy atom. The molecule has 1 heterocycles. The highest BCUT2D eigenvalue weighted by Gasteiger charge is 2.23. The van der Waals surface area contributed by atoms with E-state index < -0.39 is 15.1 Å². The molecule has 10 heteroatoms. The van der Waals surface area contributed by atoms with Gasteiger partial charge in [-0.3, -0.25) is 0 Å². The molecule has 1 atom stereocenters. The molecule has 8 nitrogen and oxygen atoms in total. The largest absolute Gasteiger partial charge is 0.489 e. The molecule has 0 radical (unpaired) electrons. The molecule has 206 valence electrons. The minimum Gasteiger partial charge on any atom is -0.489 e. The normalized spacial score (nSPS) is 12.6. The number of ether oxygens (including phenoxy) is 1. The number of nitrogens with one attached hydrogen (secondary N) is 3. The van der Waals surface area contributed by atoms with E-state index in [1.807, 2.05) is 27.0 Å². The Hall–Kier alpha value is -2.88. The van der Waals surface area contributed by atoms with Gasteiger partial charge in [0.15, 0.2) is 15.7 Å². The van der Waals surface area contributed by atoms with Gasteiger partial charge in [0.2, 0.25) is 5.95 Å². The summed E-state index contributed by atoms with van der Waals surface area (Å²) in [4.78, 5) is 9.09. The van der Waals surface area contributed by atoms with Crippen LogP contribution in [0.2, 0.25) is 5.02 Å². The molecule has 1 unspecified atom stereocenters. The summed E-state index contributed by atoms with van der Waals surface area (Å²) in [6, 6.07) is 11.0. The number of para-hydroxylation sites is 1. The van der Waals surface area contributed by atoms with Gasteiger partial charge in [-0.1, -0.05) is 37.1 Å². The first kappa shape index (κ1) is 29.7. The molecule has 0 aliphatic heterocycles. The fraction of sp³-hybridized carbons (Fsp3) is 0.429. The highest BCUT2D eigenvalue weighted by atomic mass is 35.5. The zero-order chi connectivity index (χ0) is 28.0. The summed E-state index contributed by atoms with van der Waals surface area (Å²) in [6.45, 7) is 11.5. The Balaban J connectivity index is 1.99. The first-order chi connectivity index (χ1) is 18.0. The van der Waals surface area contributed by atoms with E-state index in [0.29, 0.717) is 17.4 Å². The second-order valence-electron chi connectivity index (χ2n) is 9.73. The number of rotatable bonds is 12. The minimum absolute atomic E-state index is 0.0342. The summed E-state index contributed by atoms with van der Waals surface area (Å²) in [7, 11) is -1.56. The highest BCUT2D eigenvalue weighted by Crippen LogP contribution is 2.36. The number of aryl methyl sites for hydroxylation is 1. The predicted molar refractivity (Wildman–Crippen MR) is 156 cm³/mol. The third-order valence-corrected chi connectivity index (χ3v) is 8.58. The molecule has 3 N–H and O–H groups in total. The van der Waals surface area contributed by atoms with Gasteiger partial charge >= 0.3 is 0 Å². The topological polar surface area (TPSA) is 105 Å². The summed E-state index contributed by atoms with van der Waals surface area (Å²) in [5, 5.41) is 9.44. The molecule has 0 fully saturated rings. The van der Waals surface area contributed by atoms with E-state index in [9.17, 15) is 8.42 Å². The molecule has 3 rings (SSSR count). The molecule has 0 amide bonds. The molecular weight excluding hydrogens is 522 g/mol. The van der Waals surface area contributed by atoms with Crippen molar-refractivity contribution in [2.75, 3.05) is 17.7 Å². The Bertz CT molecular complexity index is 1360. The van der Waals surface area contributed by atoms with Gasteiger partial charge < -0.3 is 20.7 Å². The number of halogens is 1. The van der Waals surface area contributed by atoms with Crippen LogP contribution in [-0.4, -0.2) is 36.8 Å². The summed E-state index contributed by atoms with van der Waals surface area (Å²) in [5.74, 6) is 1.27. The third kappa shape index (κ3) is 6.95. The fourth-order valence-electron chi connectivity index (χ4n) is 4.11. The van der Waals surface area contributed by atoms with Gasteiger partial charge in [-0.05, 0) is 83.5 Å². The monoisotopic (exact) mass is 559 g/mol. The smallest absolute Gasteiger partial charge is 0.229 e. The van der Waals surface area contributed by atoms with Crippen molar-refractivity contribution in [3.63, 3.8) is 0 Å². The van der Waals surface area contributed by atoms with Gasteiger partial charge in [0.05, 0.1) is 33.8 Å². The second kappa shape index (κ2) is 12.8. The Kier molecular flexibility index (Phi) is 9.98. The molecule has 0 saturated carbocycles. The molecule has 3 aromatic rings. The van der Waals surface area contributed by atoms with Gasteiger partial charge in [0.25, 0.3) is 0 Å². The van der Waals surface area contributed by atoms with Gasteiger partial charge in [-0.15, -0.1) is 0 Å². The molecule has 0 bridgehead atoms. The first-order valence-electron chi connectivity index (χ1n) is 12.9. The predicted octanol–water partition coefficient (Wildman–Crippen LogP) is 6.96. The van der Waals surface area contributed by atoms with Crippen LogP contribution < -0.4 is 20.7 Å².